The number of carbonyl (C=O) groups is 1. The molecule has 0 bridgehead atoms. The SMILES string of the molecule is CC(CN)Oc1ccc(F)cc1-c1cc(NSc2cc(C=O)cc(Cl)c2O)c(F)cc1F. The van der Waals surface area contributed by atoms with Crippen LogP contribution in [0.2, 0.25) is 5.02 Å². The van der Waals surface area contributed by atoms with E-state index in [2.05, 4.69) is 4.72 Å². The zero-order chi connectivity index (χ0) is 23.4. The molecular formula is C22H18ClF3N2O3S. The lowest BCUT2D eigenvalue weighted by atomic mass is 10.0. The van der Waals surface area contributed by atoms with Gasteiger partial charge in [0.05, 0.1) is 15.6 Å². The Labute approximate surface area is 191 Å². The molecule has 0 spiro atoms. The second-order valence-corrected chi connectivity index (χ2v) is 8.04. The minimum Gasteiger partial charge on any atom is -0.505 e. The Balaban J connectivity index is 1.99. The summed E-state index contributed by atoms with van der Waals surface area (Å²) in [6.07, 6.45) is 0.119. The van der Waals surface area contributed by atoms with Crippen LogP contribution in [0.4, 0.5) is 18.9 Å². The van der Waals surface area contributed by atoms with Crippen LogP contribution in [0.5, 0.6) is 11.5 Å². The quantitative estimate of drug-likeness (QED) is 0.278. The van der Waals surface area contributed by atoms with Crippen molar-refractivity contribution in [3.63, 3.8) is 0 Å². The zero-order valence-corrected chi connectivity index (χ0v) is 18.2. The number of phenols is 1. The maximum atomic E-state index is 14.7. The maximum Gasteiger partial charge on any atom is 0.150 e. The van der Waals surface area contributed by atoms with Crippen molar-refractivity contribution in [3.8, 4) is 22.6 Å². The summed E-state index contributed by atoms with van der Waals surface area (Å²) in [6.45, 7) is 1.88. The molecule has 0 saturated carbocycles. The summed E-state index contributed by atoms with van der Waals surface area (Å²) in [5, 5.41) is 10.0. The molecule has 0 heterocycles. The van der Waals surface area contributed by atoms with Crippen LogP contribution >= 0.6 is 23.5 Å². The summed E-state index contributed by atoms with van der Waals surface area (Å²) in [5.41, 5.74) is 5.57. The standard InChI is InChI=1S/C22H18ClF3N2O3S/c1-11(9-27)31-20-3-2-13(24)6-15(20)14-7-19(18(26)8-17(14)25)28-32-21-5-12(10-29)4-16(23)22(21)30/h2-8,10-11,28,30H,9,27H2,1H3. The van der Waals surface area contributed by atoms with Gasteiger partial charge in [0.15, 0.2) is 0 Å². The summed E-state index contributed by atoms with van der Waals surface area (Å²) in [4.78, 5) is 11.2. The van der Waals surface area contributed by atoms with Crippen LogP contribution in [0, 0.1) is 17.5 Å². The topological polar surface area (TPSA) is 84.6 Å². The van der Waals surface area contributed by atoms with Crippen LogP contribution in [0.25, 0.3) is 11.1 Å². The van der Waals surface area contributed by atoms with Gasteiger partial charge in [0.2, 0.25) is 0 Å². The molecular weight excluding hydrogens is 465 g/mol. The van der Waals surface area contributed by atoms with Gasteiger partial charge in [-0.15, -0.1) is 0 Å². The van der Waals surface area contributed by atoms with E-state index in [0.29, 0.717) is 12.4 Å². The molecule has 0 saturated heterocycles. The van der Waals surface area contributed by atoms with E-state index in [1.165, 1.54) is 18.2 Å². The highest BCUT2D eigenvalue weighted by atomic mass is 35.5. The van der Waals surface area contributed by atoms with E-state index in [9.17, 15) is 23.1 Å². The molecule has 4 N–H and O–H groups in total. The minimum atomic E-state index is -0.928. The first kappa shape index (κ1) is 23.8. The Kier molecular flexibility index (Phi) is 7.55. The van der Waals surface area contributed by atoms with Crippen LogP contribution in [-0.2, 0) is 0 Å². The molecule has 32 heavy (non-hydrogen) atoms. The van der Waals surface area contributed by atoms with E-state index in [-0.39, 0.29) is 50.3 Å². The van der Waals surface area contributed by atoms with Crippen LogP contribution < -0.4 is 15.2 Å². The molecule has 0 aliphatic rings. The molecule has 1 atom stereocenters. The number of aldehydes is 1. The van der Waals surface area contributed by atoms with Crippen molar-refractivity contribution in [2.24, 2.45) is 5.73 Å². The maximum absolute atomic E-state index is 14.7. The Hall–Kier alpha value is -2.88. The molecule has 168 valence electrons. The van der Waals surface area contributed by atoms with Crippen molar-refractivity contribution < 1.29 is 27.8 Å². The lowest BCUT2D eigenvalue weighted by molar-refractivity contribution is 0.112. The number of rotatable bonds is 8. The van der Waals surface area contributed by atoms with Gasteiger partial charge < -0.3 is 20.3 Å². The highest BCUT2D eigenvalue weighted by Crippen LogP contribution is 2.39. The molecule has 0 aliphatic heterocycles. The summed E-state index contributed by atoms with van der Waals surface area (Å²) < 4.78 is 51.3. The number of anilines is 1. The van der Waals surface area contributed by atoms with Crippen LogP contribution in [0.15, 0.2) is 47.4 Å². The van der Waals surface area contributed by atoms with E-state index < -0.39 is 23.6 Å². The monoisotopic (exact) mass is 482 g/mol. The summed E-state index contributed by atoms with van der Waals surface area (Å²) in [5.74, 6) is -2.62. The average molecular weight is 483 g/mol. The van der Waals surface area contributed by atoms with Gasteiger partial charge in [-0.05, 0) is 55.3 Å². The molecule has 0 amide bonds. The molecule has 3 aromatic carbocycles. The van der Waals surface area contributed by atoms with E-state index in [1.807, 2.05) is 0 Å². The third kappa shape index (κ3) is 5.29. The molecule has 3 aromatic rings. The lowest BCUT2D eigenvalue weighted by Gasteiger charge is -2.17. The molecule has 3 rings (SSSR count). The predicted molar refractivity (Wildman–Crippen MR) is 119 cm³/mol. The van der Waals surface area contributed by atoms with Gasteiger partial charge in [-0.2, -0.15) is 0 Å². The third-order valence-electron chi connectivity index (χ3n) is 4.41. The molecule has 0 fully saturated rings. The number of nitrogens with one attached hydrogen (secondary N) is 1. The third-order valence-corrected chi connectivity index (χ3v) is 5.55. The van der Waals surface area contributed by atoms with Gasteiger partial charge in [-0.1, -0.05) is 11.6 Å². The van der Waals surface area contributed by atoms with Gasteiger partial charge in [0.1, 0.15) is 41.3 Å². The van der Waals surface area contributed by atoms with Crippen molar-refractivity contribution in [1.82, 2.24) is 0 Å². The van der Waals surface area contributed by atoms with Gasteiger partial charge in [-0.25, -0.2) is 13.2 Å². The van der Waals surface area contributed by atoms with Gasteiger partial charge >= 0.3 is 0 Å². The zero-order valence-electron chi connectivity index (χ0n) is 16.7. The van der Waals surface area contributed by atoms with Gasteiger partial charge in [0.25, 0.3) is 0 Å². The Morgan fingerprint density at radius 1 is 1.16 bits per heavy atom. The van der Waals surface area contributed by atoms with Gasteiger partial charge in [0, 0.05) is 29.3 Å². The van der Waals surface area contributed by atoms with E-state index >= 15 is 0 Å². The van der Waals surface area contributed by atoms with Crippen molar-refractivity contribution in [1.29, 1.82) is 0 Å². The number of hydrogen-bond donors (Lipinski definition) is 3. The van der Waals surface area contributed by atoms with Crippen LogP contribution in [0.3, 0.4) is 0 Å². The second kappa shape index (κ2) is 10.2. The normalized spacial score (nSPS) is 11.8. The highest BCUT2D eigenvalue weighted by Gasteiger charge is 2.18. The Morgan fingerprint density at radius 3 is 2.59 bits per heavy atom. The average Bonchev–Trinajstić information content (AvgIpc) is 2.76. The van der Waals surface area contributed by atoms with Crippen molar-refractivity contribution in [3.05, 3.63) is 70.5 Å². The van der Waals surface area contributed by atoms with E-state index in [1.54, 1.807) is 6.92 Å². The fraction of sp³-hybridized carbons (Fsp3) is 0.136. The number of carbonyl (C=O) groups excluding carboxylic acids is 1. The Morgan fingerprint density at radius 2 is 1.91 bits per heavy atom. The molecule has 0 aliphatic carbocycles. The molecule has 10 heteroatoms. The molecule has 1 unspecified atom stereocenters. The van der Waals surface area contributed by atoms with E-state index in [4.69, 9.17) is 22.1 Å². The number of halogens is 4. The number of ether oxygens (including phenoxy) is 1. The smallest absolute Gasteiger partial charge is 0.150 e. The number of nitrogens with two attached hydrogens (primary N) is 1. The molecule has 5 nitrogen and oxygen atoms in total. The number of aromatic hydroxyl groups is 1. The largest absolute Gasteiger partial charge is 0.505 e. The fourth-order valence-corrected chi connectivity index (χ4v) is 3.83. The number of phenolic OH excluding ortho intramolecular Hbond substituents is 1. The van der Waals surface area contributed by atoms with Gasteiger partial charge in [-0.3, -0.25) is 4.79 Å². The summed E-state index contributed by atoms with van der Waals surface area (Å²) in [7, 11) is 0. The summed E-state index contributed by atoms with van der Waals surface area (Å²) in [6, 6.07) is 7.99. The first-order valence-corrected chi connectivity index (χ1v) is 10.5. The first-order valence-electron chi connectivity index (χ1n) is 9.29. The minimum absolute atomic E-state index is 0.0604. The van der Waals surface area contributed by atoms with Crippen molar-refractivity contribution in [2.75, 3.05) is 11.3 Å². The predicted octanol–water partition coefficient (Wildman–Crippen LogP) is 5.79. The number of hydrogen-bond acceptors (Lipinski definition) is 6. The van der Waals surface area contributed by atoms with Crippen LogP contribution in [-0.4, -0.2) is 24.0 Å². The fourth-order valence-electron chi connectivity index (χ4n) is 2.76. The van der Waals surface area contributed by atoms with Crippen LogP contribution in [0.1, 0.15) is 17.3 Å². The second-order valence-electron chi connectivity index (χ2n) is 6.79. The first-order chi connectivity index (χ1) is 15.2. The molecule has 0 aromatic heterocycles. The highest BCUT2D eigenvalue weighted by molar-refractivity contribution is 8.00. The number of benzene rings is 3. The van der Waals surface area contributed by atoms with E-state index in [0.717, 1.165) is 30.1 Å². The van der Waals surface area contributed by atoms with Crippen molar-refractivity contribution >= 4 is 35.5 Å². The molecule has 0 radical (unpaired) electrons. The summed E-state index contributed by atoms with van der Waals surface area (Å²) >= 11 is 6.65. The van der Waals surface area contributed by atoms with Crippen molar-refractivity contribution in [2.45, 2.75) is 17.9 Å². The Bertz CT molecular complexity index is 1160. The lowest BCUT2D eigenvalue weighted by Crippen LogP contribution is -2.23.